The third kappa shape index (κ3) is 1.80. The molecule has 5 nitrogen and oxygen atoms in total. The maximum atomic E-state index is 11.7. The number of hydrogen-bond donors (Lipinski definition) is 1. The van der Waals surface area contributed by atoms with E-state index in [1.807, 2.05) is 6.92 Å². The van der Waals surface area contributed by atoms with Crippen molar-refractivity contribution in [3.8, 4) is 0 Å². The van der Waals surface area contributed by atoms with Crippen LogP contribution < -0.4 is 10.9 Å². The van der Waals surface area contributed by atoms with E-state index in [2.05, 4.69) is 31.2 Å². The van der Waals surface area contributed by atoms with Gasteiger partial charge in [-0.05, 0) is 28.9 Å². The monoisotopic (exact) mass is 282 g/mol. The van der Waals surface area contributed by atoms with Crippen molar-refractivity contribution >= 4 is 32.9 Å². The van der Waals surface area contributed by atoms with E-state index in [-0.39, 0.29) is 5.56 Å². The molecule has 0 atom stereocenters. The van der Waals surface area contributed by atoms with Crippen LogP contribution >= 0.6 is 15.9 Å². The van der Waals surface area contributed by atoms with Crippen LogP contribution in [0.4, 0.5) is 5.95 Å². The predicted octanol–water partition coefficient (Wildman–Crippen LogP) is 1.52. The first kappa shape index (κ1) is 11.1. The highest BCUT2D eigenvalue weighted by Gasteiger charge is 2.06. The minimum Gasteiger partial charge on any atom is -0.354 e. The van der Waals surface area contributed by atoms with Gasteiger partial charge in [-0.15, -0.1) is 0 Å². The molecule has 6 heteroatoms. The summed E-state index contributed by atoms with van der Waals surface area (Å²) >= 11 is 3.21. The van der Waals surface area contributed by atoms with Crippen molar-refractivity contribution < 1.29 is 0 Å². The first-order valence-electron chi connectivity index (χ1n) is 4.89. The van der Waals surface area contributed by atoms with Crippen molar-refractivity contribution in [3.05, 3.63) is 27.1 Å². The molecule has 0 fully saturated rings. The van der Waals surface area contributed by atoms with Crippen LogP contribution in [0.1, 0.15) is 6.92 Å². The Hall–Kier alpha value is -1.43. The third-order valence-corrected chi connectivity index (χ3v) is 2.81. The molecular formula is C10H11BrN4O. The van der Waals surface area contributed by atoms with Gasteiger partial charge in [-0.1, -0.05) is 0 Å². The molecule has 0 amide bonds. The van der Waals surface area contributed by atoms with Gasteiger partial charge in [-0.25, -0.2) is 4.98 Å². The lowest BCUT2D eigenvalue weighted by Gasteiger charge is -2.06. The summed E-state index contributed by atoms with van der Waals surface area (Å²) in [5.74, 6) is 0.535. The van der Waals surface area contributed by atoms with E-state index in [9.17, 15) is 4.79 Å². The fourth-order valence-corrected chi connectivity index (χ4v) is 1.96. The molecule has 0 spiro atoms. The number of hydrogen-bond acceptors (Lipinski definition) is 4. The molecular weight excluding hydrogens is 272 g/mol. The van der Waals surface area contributed by atoms with E-state index in [1.165, 1.54) is 4.57 Å². The van der Waals surface area contributed by atoms with Gasteiger partial charge < -0.3 is 5.32 Å². The summed E-state index contributed by atoms with van der Waals surface area (Å²) in [6, 6.07) is 1.73. The number of aryl methyl sites for hydroxylation is 1. The van der Waals surface area contributed by atoms with Crippen LogP contribution in [0.15, 0.2) is 21.5 Å². The lowest BCUT2D eigenvalue weighted by atomic mass is 10.3. The van der Waals surface area contributed by atoms with Gasteiger partial charge in [0.05, 0.1) is 4.47 Å². The Balaban J connectivity index is 2.73. The Kier molecular flexibility index (Phi) is 2.91. The number of rotatable bonds is 2. The van der Waals surface area contributed by atoms with Gasteiger partial charge in [-0.3, -0.25) is 9.36 Å². The van der Waals surface area contributed by atoms with Crippen LogP contribution in [-0.2, 0) is 7.05 Å². The number of nitrogens with one attached hydrogen (secondary N) is 1. The molecule has 0 aliphatic carbocycles. The maximum Gasteiger partial charge on any atom is 0.266 e. The van der Waals surface area contributed by atoms with Crippen molar-refractivity contribution in [1.82, 2.24) is 14.5 Å². The summed E-state index contributed by atoms with van der Waals surface area (Å²) in [5.41, 5.74) is 0.521. The number of halogens is 1. The molecule has 0 aliphatic rings. The smallest absolute Gasteiger partial charge is 0.266 e. The number of pyridine rings is 1. The van der Waals surface area contributed by atoms with Crippen LogP contribution in [-0.4, -0.2) is 21.1 Å². The van der Waals surface area contributed by atoms with Crippen LogP contribution in [0.5, 0.6) is 0 Å². The van der Waals surface area contributed by atoms with E-state index in [0.29, 0.717) is 16.1 Å². The summed E-state index contributed by atoms with van der Waals surface area (Å²) in [4.78, 5) is 20.1. The molecule has 16 heavy (non-hydrogen) atoms. The Morgan fingerprint density at radius 1 is 1.56 bits per heavy atom. The Bertz CT molecular complexity index is 593. The van der Waals surface area contributed by atoms with Crippen molar-refractivity contribution in [1.29, 1.82) is 0 Å². The van der Waals surface area contributed by atoms with E-state index < -0.39 is 0 Å². The molecule has 0 saturated carbocycles. The highest BCUT2D eigenvalue weighted by molar-refractivity contribution is 9.10. The fraction of sp³-hybridized carbons (Fsp3) is 0.300. The van der Waals surface area contributed by atoms with Gasteiger partial charge in [0.15, 0.2) is 0 Å². The summed E-state index contributed by atoms with van der Waals surface area (Å²) in [6.07, 6.45) is 1.70. The van der Waals surface area contributed by atoms with Crippen molar-refractivity contribution in [2.45, 2.75) is 6.92 Å². The van der Waals surface area contributed by atoms with Crippen LogP contribution in [0.2, 0.25) is 0 Å². The van der Waals surface area contributed by atoms with Gasteiger partial charge in [0.1, 0.15) is 5.65 Å². The number of aromatic nitrogens is 3. The Morgan fingerprint density at radius 2 is 2.31 bits per heavy atom. The zero-order valence-electron chi connectivity index (χ0n) is 8.99. The van der Waals surface area contributed by atoms with Gasteiger partial charge in [-0.2, -0.15) is 4.98 Å². The lowest BCUT2D eigenvalue weighted by Crippen LogP contribution is -2.18. The van der Waals surface area contributed by atoms with Gasteiger partial charge in [0, 0.05) is 25.2 Å². The third-order valence-electron chi connectivity index (χ3n) is 2.24. The molecule has 2 aromatic heterocycles. The predicted molar refractivity (Wildman–Crippen MR) is 66.6 cm³/mol. The van der Waals surface area contributed by atoms with Crippen molar-refractivity contribution in [3.63, 3.8) is 0 Å². The Morgan fingerprint density at radius 3 is 3.00 bits per heavy atom. The molecule has 1 N–H and O–H groups in total. The molecule has 0 saturated heterocycles. The molecule has 2 heterocycles. The van der Waals surface area contributed by atoms with E-state index in [1.54, 1.807) is 19.3 Å². The molecule has 2 rings (SSSR count). The van der Waals surface area contributed by atoms with E-state index in [4.69, 9.17) is 0 Å². The van der Waals surface area contributed by atoms with E-state index >= 15 is 0 Å². The molecule has 0 aromatic carbocycles. The average molecular weight is 283 g/mol. The molecule has 0 aliphatic heterocycles. The van der Waals surface area contributed by atoms with Crippen LogP contribution in [0.3, 0.4) is 0 Å². The first-order chi connectivity index (χ1) is 7.63. The Labute approximate surface area is 101 Å². The van der Waals surface area contributed by atoms with Gasteiger partial charge in [0.25, 0.3) is 5.56 Å². The first-order valence-corrected chi connectivity index (χ1v) is 5.69. The molecule has 2 aromatic rings. The molecule has 0 radical (unpaired) electrons. The normalized spacial score (nSPS) is 10.7. The minimum atomic E-state index is -0.103. The van der Waals surface area contributed by atoms with Crippen LogP contribution in [0, 0.1) is 0 Å². The number of nitrogens with zero attached hydrogens (tertiary/aromatic N) is 3. The molecule has 84 valence electrons. The zero-order valence-corrected chi connectivity index (χ0v) is 10.6. The van der Waals surface area contributed by atoms with E-state index in [0.717, 1.165) is 11.9 Å². The summed E-state index contributed by atoms with van der Waals surface area (Å²) in [7, 11) is 1.69. The summed E-state index contributed by atoms with van der Waals surface area (Å²) < 4.78 is 2.02. The minimum absolute atomic E-state index is 0.103. The van der Waals surface area contributed by atoms with Gasteiger partial charge >= 0.3 is 0 Å². The standard InChI is InChI=1S/C10H11BrN4O/c1-3-12-10-13-5-6-4-7(11)9(16)15(2)8(6)14-10/h4-5H,3H2,1-2H3,(H,12,13,14). The topological polar surface area (TPSA) is 59.8 Å². The molecule has 0 unspecified atom stereocenters. The summed E-state index contributed by atoms with van der Waals surface area (Å²) in [5, 5.41) is 3.84. The molecule has 0 bridgehead atoms. The highest BCUT2D eigenvalue weighted by Crippen LogP contribution is 2.14. The SMILES string of the molecule is CCNc1ncc2cc(Br)c(=O)n(C)c2n1. The van der Waals surface area contributed by atoms with Crippen molar-refractivity contribution in [2.75, 3.05) is 11.9 Å². The second-order valence-electron chi connectivity index (χ2n) is 3.36. The van der Waals surface area contributed by atoms with Crippen molar-refractivity contribution in [2.24, 2.45) is 7.05 Å². The average Bonchev–Trinajstić information content (AvgIpc) is 2.28. The van der Waals surface area contributed by atoms with Crippen LogP contribution in [0.25, 0.3) is 11.0 Å². The largest absolute Gasteiger partial charge is 0.354 e. The summed E-state index contributed by atoms with van der Waals surface area (Å²) in [6.45, 7) is 2.71. The highest BCUT2D eigenvalue weighted by atomic mass is 79.9. The number of fused-ring (bicyclic) bond motifs is 1. The van der Waals surface area contributed by atoms with Gasteiger partial charge in [0.2, 0.25) is 5.95 Å². The fourth-order valence-electron chi connectivity index (χ4n) is 1.45. The zero-order chi connectivity index (χ0) is 11.7. The lowest BCUT2D eigenvalue weighted by molar-refractivity contribution is 0.876. The quantitative estimate of drug-likeness (QED) is 0.907. The second-order valence-corrected chi connectivity index (χ2v) is 4.21. The maximum absolute atomic E-state index is 11.7. The second kappa shape index (κ2) is 4.21. The number of anilines is 1.